The molecule has 142 valence electrons. The SMILES string of the molecule is CCOC(=O)C(C)=CC(CC(C)C)N(C)C(=O)C(N)C(C)(C)C.Cl. The molecule has 0 bridgehead atoms. The second-order valence-electron chi connectivity index (χ2n) is 7.56. The lowest BCUT2D eigenvalue weighted by molar-refractivity contribution is -0.139. The molecule has 0 aromatic heterocycles. The van der Waals surface area contributed by atoms with Crippen LogP contribution in [0.25, 0.3) is 0 Å². The van der Waals surface area contributed by atoms with Crippen LogP contribution < -0.4 is 5.73 Å². The van der Waals surface area contributed by atoms with Crippen LogP contribution in [0.5, 0.6) is 0 Å². The van der Waals surface area contributed by atoms with Crippen molar-refractivity contribution in [3.8, 4) is 0 Å². The molecule has 0 aliphatic rings. The number of likely N-dealkylation sites (N-methyl/N-ethyl adjacent to an activating group) is 1. The Morgan fingerprint density at radius 3 is 2.12 bits per heavy atom. The van der Waals surface area contributed by atoms with Crippen LogP contribution in [-0.4, -0.2) is 42.5 Å². The number of ether oxygens (including phenoxy) is 1. The summed E-state index contributed by atoms with van der Waals surface area (Å²) in [6.45, 7) is 13.8. The van der Waals surface area contributed by atoms with Crippen LogP contribution in [0.4, 0.5) is 0 Å². The zero-order valence-corrected chi connectivity index (χ0v) is 17.2. The number of hydrogen-bond acceptors (Lipinski definition) is 4. The lowest BCUT2D eigenvalue weighted by atomic mass is 9.86. The molecule has 2 N–H and O–H groups in total. The Labute approximate surface area is 153 Å². The number of amides is 1. The fourth-order valence-corrected chi connectivity index (χ4v) is 2.18. The highest BCUT2D eigenvalue weighted by Gasteiger charge is 2.32. The van der Waals surface area contributed by atoms with Crippen molar-refractivity contribution in [3.63, 3.8) is 0 Å². The average molecular weight is 363 g/mol. The lowest BCUT2D eigenvalue weighted by Gasteiger charge is -2.34. The molecule has 0 aromatic carbocycles. The van der Waals surface area contributed by atoms with Crippen molar-refractivity contribution in [2.45, 2.75) is 67.0 Å². The van der Waals surface area contributed by atoms with Crippen molar-refractivity contribution in [1.29, 1.82) is 0 Å². The van der Waals surface area contributed by atoms with Gasteiger partial charge in [-0.25, -0.2) is 4.79 Å². The second kappa shape index (κ2) is 10.7. The molecule has 2 atom stereocenters. The first-order valence-corrected chi connectivity index (χ1v) is 8.29. The van der Waals surface area contributed by atoms with Crippen molar-refractivity contribution in [1.82, 2.24) is 4.90 Å². The third-order valence-corrected chi connectivity index (χ3v) is 3.80. The quantitative estimate of drug-likeness (QED) is 0.557. The van der Waals surface area contributed by atoms with Gasteiger partial charge >= 0.3 is 5.97 Å². The molecule has 6 heteroatoms. The number of nitrogens with two attached hydrogens (primary N) is 1. The van der Waals surface area contributed by atoms with Gasteiger partial charge in [0.2, 0.25) is 5.91 Å². The minimum absolute atomic E-state index is 0. The lowest BCUT2D eigenvalue weighted by Crippen LogP contribution is -2.52. The fraction of sp³-hybridized carbons (Fsp3) is 0.778. The average Bonchev–Trinajstić information content (AvgIpc) is 2.42. The molecule has 1 amide bonds. The molecule has 24 heavy (non-hydrogen) atoms. The van der Waals surface area contributed by atoms with Crippen molar-refractivity contribution >= 4 is 24.3 Å². The molecule has 0 radical (unpaired) electrons. The van der Waals surface area contributed by atoms with Gasteiger partial charge in [-0.2, -0.15) is 0 Å². The third-order valence-electron chi connectivity index (χ3n) is 3.80. The number of hydrogen-bond donors (Lipinski definition) is 1. The van der Waals surface area contributed by atoms with Crippen LogP contribution in [-0.2, 0) is 14.3 Å². The van der Waals surface area contributed by atoms with E-state index in [9.17, 15) is 9.59 Å². The van der Waals surface area contributed by atoms with Crippen molar-refractivity contribution in [2.24, 2.45) is 17.1 Å². The van der Waals surface area contributed by atoms with Crippen molar-refractivity contribution < 1.29 is 14.3 Å². The topological polar surface area (TPSA) is 72.6 Å². The van der Waals surface area contributed by atoms with E-state index in [0.717, 1.165) is 6.42 Å². The summed E-state index contributed by atoms with van der Waals surface area (Å²) < 4.78 is 5.02. The number of carbonyl (C=O) groups excluding carboxylic acids is 2. The zero-order chi connectivity index (χ0) is 18.4. The number of halogens is 1. The molecule has 0 rings (SSSR count). The van der Waals surface area contributed by atoms with Gasteiger partial charge in [0.05, 0.1) is 18.7 Å². The third kappa shape index (κ3) is 8.15. The van der Waals surface area contributed by atoms with Gasteiger partial charge in [-0.3, -0.25) is 4.79 Å². The minimum Gasteiger partial charge on any atom is -0.463 e. The molecular formula is C18H35ClN2O3. The Kier molecular flexibility index (Phi) is 11.2. The van der Waals surface area contributed by atoms with E-state index in [2.05, 4.69) is 13.8 Å². The Bertz CT molecular complexity index is 442. The van der Waals surface area contributed by atoms with Crippen molar-refractivity contribution in [3.05, 3.63) is 11.6 Å². The summed E-state index contributed by atoms with van der Waals surface area (Å²) in [7, 11) is 1.75. The van der Waals surface area contributed by atoms with Crippen LogP contribution in [0, 0.1) is 11.3 Å². The highest BCUT2D eigenvalue weighted by atomic mass is 35.5. The second-order valence-corrected chi connectivity index (χ2v) is 7.56. The first-order valence-electron chi connectivity index (χ1n) is 8.29. The fourth-order valence-electron chi connectivity index (χ4n) is 2.18. The molecule has 0 saturated carbocycles. The van der Waals surface area contributed by atoms with E-state index in [1.54, 1.807) is 25.8 Å². The molecule has 2 unspecified atom stereocenters. The van der Waals surface area contributed by atoms with Gasteiger partial charge in [-0.15, -0.1) is 12.4 Å². The summed E-state index contributed by atoms with van der Waals surface area (Å²) in [5.74, 6) is -0.0781. The zero-order valence-electron chi connectivity index (χ0n) is 16.4. The van der Waals surface area contributed by atoms with Gasteiger partial charge in [0.1, 0.15) is 0 Å². The molecule has 0 aliphatic heterocycles. The van der Waals surface area contributed by atoms with Crippen LogP contribution in [0.1, 0.15) is 54.9 Å². The normalized spacial score (nSPS) is 14.7. The molecule has 0 fully saturated rings. The Balaban J connectivity index is 0. The standard InChI is InChI=1S/C18H34N2O3.ClH/c1-9-23-17(22)13(4)11-14(10-12(2)3)20(8)16(21)15(19)18(5,6)7;/h11-12,14-15H,9-10,19H2,1-8H3;1H. The maximum Gasteiger partial charge on any atom is 0.333 e. The van der Waals surface area contributed by atoms with Gasteiger partial charge in [-0.05, 0) is 31.6 Å². The molecule has 0 saturated heterocycles. The van der Waals surface area contributed by atoms with E-state index in [1.807, 2.05) is 26.8 Å². The van der Waals surface area contributed by atoms with Crippen LogP contribution >= 0.6 is 12.4 Å². The van der Waals surface area contributed by atoms with Crippen molar-refractivity contribution in [2.75, 3.05) is 13.7 Å². The minimum atomic E-state index is -0.585. The molecule has 0 spiro atoms. The first-order chi connectivity index (χ1) is 10.4. The largest absolute Gasteiger partial charge is 0.463 e. The van der Waals surface area contributed by atoms with E-state index in [1.165, 1.54) is 0 Å². The monoisotopic (exact) mass is 362 g/mol. The Hall–Kier alpha value is -1.07. The maximum atomic E-state index is 12.6. The van der Waals surface area contributed by atoms with Gasteiger partial charge < -0.3 is 15.4 Å². The summed E-state index contributed by atoms with van der Waals surface area (Å²) in [6.07, 6.45) is 2.57. The van der Waals surface area contributed by atoms with E-state index in [0.29, 0.717) is 18.1 Å². The van der Waals surface area contributed by atoms with E-state index in [-0.39, 0.29) is 35.7 Å². The molecule has 5 nitrogen and oxygen atoms in total. The van der Waals surface area contributed by atoms with Gasteiger partial charge in [0, 0.05) is 12.6 Å². The number of rotatable bonds is 7. The summed E-state index contributed by atoms with van der Waals surface area (Å²) >= 11 is 0. The van der Waals surface area contributed by atoms with Crippen LogP contribution in [0.15, 0.2) is 11.6 Å². The van der Waals surface area contributed by atoms with Gasteiger partial charge in [0.15, 0.2) is 0 Å². The summed E-state index contributed by atoms with van der Waals surface area (Å²) in [5, 5.41) is 0. The molecular weight excluding hydrogens is 328 g/mol. The molecule has 0 aromatic rings. The van der Waals surface area contributed by atoms with Gasteiger partial charge in [-0.1, -0.05) is 40.7 Å². The predicted octanol–water partition coefficient (Wildman–Crippen LogP) is 3.16. The van der Waals surface area contributed by atoms with Gasteiger partial charge in [0.25, 0.3) is 0 Å². The highest BCUT2D eigenvalue weighted by Crippen LogP contribution is 2.22. The van der Waals surface area contributed by atoms with E-state index >= 15 is 0 Å². The summed E-state index contributed by atoms with van der Waals surface area (Å²) in [6, 6.07) is -0.765. The Morgan fingerprint density at radius 2 is 1.75 bits per heavy atom. The predicted molar refractivity (Wildman–Crippen MR) is 101 cm³/mol. The maximum absolute atomic E-state index is 12.6. The first kappa shape index (κ1) is 25.2. The smallest absolute Gasteiger partial charge is 0.333 e. The number of carbonyl (C=O) groups is 2. The molecule has 0 heterocycles. The number of nitrogens with zero attached hydrogens (tertiary/aromatic N) is 1. The number of esters is 1. The van der Waals surface area contributed by atoms with E-state index < -0.39 is 6.04 Å². The van der Waals surface area contributed by atoms with Crippen LogP contribution in [0.2, 0.25) is 0 Å². The summed E-state index contributed by atoms with van der Waals surface area (Å²) in [4.78, 5) is 26.1. The molecule has 0 aliphatic carbocycles. The Morgan fingerprint density at radius 1 is 1.25 bits per heavy atom. The van der Waals surface area contributed by atoms with E-state index in [4.69, 9.17) is 10.5 Å². The highest BCUT2D eigenvalue weighted by molar-refractivity contribution is 5.88. The van der Waals surface area contributed by atoms with Crippen LogP contribution in [0.3, 0.4) is 0 Å². The summed E-state index contributed by atoms with van der Waals surface area (Å²) in [5.41, 5.74) is 6.30.